The first-order chi connectivity index (χ1) is 9.83. The number of nitrogens with one attached hydrogen (secondary N) is 2. The molecule has 120 valence electrons. The minimum atomic E-state index is -0.0836. The summed E-state index contributed by atoms with van der Waals surface area (Å²) < 4.78 is 5.27. The van der Waals surface area contributed by atoms with Gasteiger partial charge in [0.25, 0.3) is 5.91 Å². The van der Waals surface area contributed by atoms with E-state index in [4.69, 9.17) is 4.42 Å². The molecule has 2 N–H and O–H groups in total. The molecule has 3 rings (SSSR count). The highest BCUT2D eigenvalue weighted by atomic mass is 35.5. The molecular formula is C14H17Cl2N3O2S. The van der Waals surface area contributed by atoms with Crippen molar-refractivity contribution >= 4 is 42.1 Å². The van der Waals surface area contributed by atoms with Crippen molar-refractivity contribution in [1.29, 1.82) is 0 Å². The third-order valence-corrected chi connectivity index (χ3v) is 4.11. The molecule has 0 saturated heterocycles. The van der Waals surface area contributed by atoms with Crippen LogP contribution in [0.2, 0.25) is 0 Å². The Morgan fingerprint density at radius 3 is 3.00 bits per heavy atom. The molecule has 8 heteroatoms. The van der Waals surface area contributed by atoms with Crippen molar-refractivity contribution in [3.05, 3.63) is 41.1 Å². The zero-order valence-electron chi connectivity index (χ0n) is 11.7. The average molecular weight is 362 g/mol. The summed E-state index contributed by atoms with van der Waals surface area (Å²) in [6.07, 6.45) is 6.31. The van der Waals surface area contributed by atoms with Gasteiger partial charge in [-0.2, -0.15) is 0 Å². The van der Waals surface area contributed by atoms with Crippen LogP contribution in [0.1, 0.15) is 16.1 Å². The molecule has 0 saturated carbocycles. The Morgan fingerprint density at radius 2 is 2.32 bits per heavy atom. The standard InChI is InChI=1S/C14H15N3O2S.2ClH/c18-13(16-8-10-3-5-15-6-4-10)12-9-17-14(20-12)11-2-1-7-19-11;;/h1-3,7,9,15H,4-6,8H2,(H,16,18);2*1H. The molecule has 0 bridgehead atoms. The topological polar surface area (TPSA) is 67.2 Å². The van der Waals surface area contributed by atoms with Gasteiger partial charge in [0.15, 0.2) is 10.8 Å². The van der Waals surface area contributed by atoms with E-state index in [0.717, 1.165) is 24.5 Å². The second-order valence-corrected chi connectivity index (χ2v) is 5.54. The van der Waals surface area contributed by atoms with Crippen LogP contribution in [0.25, 0.3) is 10.8 Å². The maximum absolute atomic E-state index is 12.1. The number of carbonyl (C=O) groups is 1. The van der Waals surface area contributed by atoms with Crippen molar-refractivity contribution < 1.29 is 9.21 Å². The average Bonchev–Trinajstić information content (AvgIpc) is 3.16. The molecule has 1 aliphatic rings. The molecule has 2 aromatic rings. The van der Waals surface area contributed by atoms with Crippen molar-refractivity contribution in [3.63, 3.8) is 0 Å². The third-order valence-electron chi connectivity index (χ3n) is 3.10. The van der Waals surface area contributed by atoms with Gasteiger partial charge in [0.05, 0.1) is 12.5 Å². The highest BCUT2D eigenvalue weighted by molar-refractivity contribution is 7.16. The molecule has 0 fully saturated rings. The molecule has 5 nitrogen and oxygen atoms in total. The van der Waals surface area contributed by atoms with E-state index in [1.165, 1.54) is 16.9 Å². The summed E-state index contributed by atoms with van der Waals surface area (Å²) in [5.41, 5.74) is 1.27. The van der Waals surface area contributed by atoms with E-state index in [9.17, 15) is 4.79 Å². The summed E-state index contributed by atoms with van der Waals surface area (Å²) in [6.45, 7) is 2.47. The van der Waals surface area contributed by atoms with E-state index < -0.39 is 0 Å². The van der Waals surface area contributed by atoms with Crippen molar-refractivity contribution in [2.24, 2.45) is 0 Å². The van der Waals surface area contributed by atoms with E-state index in [0.29, 0.717) is 17.2 Å². The first-order valence-electron chi connectivity index (χ1n) is 6.49. The first-order valence-corrected chi connectivity index (χ1v) is 7.31. The van der Waals surface area contributed by atoms with Crippen LogP contribution in [0, 0.1) is 0 Å². The maximum atomic E-state index is 12.1. The number of hydrogen-bond acceptors (Lipinski definition) is 5. The van der Waals surface area contributed by atoms with Crippen LogP contribution in [0.4, 0.5) is 0 Å². The molecule has 0 aliphatic carbocycles. The van der Waals surface area contributed by atoms with E-state index in [2.05, 4.69) is 21.7 Å². The van der Waals surface area contributed by atoms with Crippen molar-refractivity contribution in [2.45, 2.75) is 6.42 Å². The molecule has 22 heavy (non-hydrogen) atoms. The second-order valence-electron chi connectivity index (χ2n) is 4.51. The summed E-state index contributed by atoms with van der Waals surface area (Å²) in [7, 11) is 0. The Labute approximate surface area is 145 Å². The van der Waals surface area contributed by atoms with Crippen LogP contribution in [-0.2, 0) is 0 Å². The number of amides is 1. The van der Waals surface area contributed by atoms with Gasteiger partial charge in [-0.15, -0.1) is 36.2 Å². The van der Waals surface area contributed by atoms with Crippen LogP contribution in [0.3, 0.4) is 0 Å². The molecular weight excluding hydrogens is 345 g/mol. The van der Waals surface area contributed by atoms with Crippen LogP contribution >= 0.6 is 36.2 Å². The number of aromatic nitrogens is 1. The lowest BCUT2D eigenvalue weighted by atomic mass is 10.1. The van der Waals surface area contributed by atoms with Gasteiger partial charge in [-0.1, -0.05) is 11.6 Å². The molecule has 3 heterocycles. The predicted octanol–water partition coefficient (Wildman–Crippen LogP) is 2.90. The summed E-state index contributed by atoms with van der Waals surface area (Å²) in [5, 5.41) is 6.90. The number of hydrogen-bond donors (Lipinski definition) is 2. The van der Waals surface area contributed by atoms with E-state index in [1.807, 2.05) is 6.07 Å². The monoisotopic (exact) mass is 361 g/mol. The minimum Gasteiger partial charge on any atom is -0.462 e. The lowest BCUT2D eigenvalue weighted by molar-refractivity contribution is 0.0960. The minimum absolute atomic E-state index is 0. The Kier molecular flexibility index (Phi) is 7.61. The highest BCUT2D eigenvalue weighted by Gasteiger charge is 2.13. The van der Waals surface area contributed by atoms with Crippen molar-refractivity contribution in [1.82, 2.24) is 15.6 Å². The number of carbonyl (C=O) groups excluding carboxylic acids is 1. The largest absolute Gasteiger partial charge is 0.462 e. The fourth-order valence-electron chi connectivity index (χ4n) is 2.00. The van der Waals surface area contributed by atoms with Crippen LogP contribution in [0.15, 0.2) is 40.7 Å². The van der Waals surface area contributed by atoms with Gasteiger partial charge in [-0.25, -0.2) is 4.98 Å². The van der Waals surface area contributed by atoms with Gasteiger partial charge >= 0.3 is 0 Å². The Hall–Kier alpha value is -1.34. The SMILES string of the molecule is Cl.Cl.O=C(NCC1=CCNCC1)c1cnc(-c2ccco2)s1. The molecule has 1 aliphatic heterocycles. The smallest absolute Gasteiger partial charge is 0.263 e. The van der Waals surface area contributed by atoms with E-state index >= 15 is 0 Å². The molecule has 0 aromatic carbocycles. The quantitative estimate of drug-likeness (QED) is 0.821. The molecule has 0 radical (unpaired) electrons. The van der Waals surface area contributed by atoms with Crippen molar-refractivity contribution in [2.75, 3.05) is 19.6 Å². The van der Waals surface area contributed by atoms with Gasteiger partial charge in [-0.05, 0) is 25.1 Å². The number of thiazole rings is 1. The molecule has 1 amide bonds. The second kappa shape index (κ2) is 8.95. The Bertz CT molecular complexity index is 626. The van der Waals surface area contributed by atoms with Crippen LogP contribution < -0.4 is 10.6 Å². The number of furan rings is 1. The number of halogens is 2. The maximum Gasteiger partial charge on any atom is 0.263 e. The van der Waals surface area contributed by atoms with Crippen LogP contribution in [-0.4, -0.2) is 30.5 Å². The van der Waals surface area contributed by atoms with Gasteiger partial charge < -0.3 is 15.1 Å². The third kappa shape index (κ3) is 4.58. The molecule has 0 spiro atoms. The predicted molar refractivity (Wildman–Crippen MR) is 92.2 cm³/mol. The van der Waals surface area contributed by atoms with E-state index in [1.54, 1.807) is 18.5 Å². The molecule has 0 atom stereocenters. The highest BCUT2D eigenvalue weighted by Crippen LogP contribution is 2.25. The summed E-state index contributed by atoms with van der Waals surface area (Å²) in [4.78, 5) is 16.9. The molecule has 2 aromatic heterocycles. The van der Waals surface area contributed by atoms with Gasteiger partial charge in [0.1, 0.15) is 4.88 Å². The normalized spacial score (nSPS) is 13.5. The van der Waals surface area contributed by atoms with Gasteiger partial charge in [0.2, 0.25) is 0 Å². The number of nitrogens with zero attached hydrogens (tertiary/aromatic N) is 1. The Balaban J connectivity index is 0.00000121. The fourth-order valence-corrected chi connectivity index (χ4v) is 2.81. The van der Waals surface area contributed by atoms with Gasteiger partial charge in [0, 0.05) is 13.1 Å². The lowest BCUT2D eigenvalue weighted by Crippen LogP contribution is -2.29. The summed E-state index contributed by atoms with van der Waals surface area (Å²) in [5.74, 6) is 0.606. The lowest BCUT2D eigenvalue weighted by Gasteiger charge is -2.14. The summed E-state index contributed by atoms with van der Waals surface area (Å²) >= 11 is 1.34. The Morgan fingerprint density at radius 1 is 1.45 bits per heavy atom. The van der Waals surface area contributed by atoms with Crippen molar-refractivity contribution in [3.8, 4) is 10.8 Å². The van der Waals surface area contributed by atoms with E-state index in [-0.39, 0.29) is 30.7 Å². The van der Waals surface area contributed by atoms with Crippen LogP contribution in [0.5, 0.6) is 0 Å². The fraction of sp³-hybridized carbons (Fsp3) is 0.286. The summed E-state index contributed by atoms with van der Waals surface area (Å²) in [6, 6.07) is 3.64. The zero-order chi connectivity index (χ0) is 13.8. The number of rotatable bonds is 4. The van der Waals surface area contributed by atoms with Gasteiger partial charge in [-0.3, -0.25) is 4.79 Å². The molecule has 0 unspecified atom stereocenters. The zero-order valence-corrected chi connectivity index (χ0v) is 14.2. The first kappa shape index (κ1) is 18.7.